The van der Waals surface area contributed by atoms with Gasteiger partial charge in [0.1, 0.15) is 30.3 Å². The van der Waals surface area contributed by atoms with E-state index in [1.807, 2.05) is 36.4 Å². The number of aliphatic hydroxyl groups is 1. The quantitative estimate of drug-likeness (QED) is 0.438. The number of aromatic nitrogens is 1. The van der Waals surface area contributed by atoms with Gasteiger partial charge < -0.3 is 14.3 Å². The second-order valence-corrected chi connectivity index (χ2v) is 9.35. The molecule has 3 saturated heterocycles. The first-order chi connectivity index (χ1) is 15.5. The molecule has 2 bridgehead atoms. The van der Waals surface area contributed by atoms with Crippen LogP contribution in [0.1, 0.15) is 30.1 Å². The number of hydrogen-bond acceptors (Lipinski definition) is 3. The van der Waals surface area contributed by atoms with Gasteiger partial charge in [-0.15, -0.1) is 6.58 Å². The fraction of sp³-hybridized carbons (Fsp3) is 0.370. The molecule has 0 unspecified atom stereocenters. The third-order valence-corrected chi connectivity index (χ3v) is 7.78. The van der Waals surface area contributed by atoms with Crippen LogP contribution in [0.2, 0.25) is 0 Å². The largest absolute Gasteiger partial charge is 0.497 e. The predicted octanol–water partition coefficient (Wildman–Crippen LogP) is 5.03. The lowest BCUT2D eigenvalue weighted by Gasteiger charge is -2.58. The van der Waals surface area contributed by atoms with Gasteiger partial charge >= 0.3 is 0 Å². The van der Waals surface area contributed by atoms with E-state index >= 15 is 0 Å². The van der Waals surface area contributed by atoms with Crippen LogP contribution in [-0.2, 0) is 6.54 Å². The minimum absolute atomic E-state index is 0.0126. The van der Waals surface area contributed by atoms with Crippen LogP contribution in [0.3, 0.4) is 0 Å². The summed E-state index contributed by atoms with van der Waals surface area (Å²) < 4.78 is 20.8. The summed E-state index contributed by atoms with van der Waals surface area (Å²) in [7, 11) is 1.64. The number of rotatable bonds is 6. The zero-order valence-corrected chi connectivity index (χ0v) is 18.5. The van der Waals surface area contributed by atoms with E-state index in [4.69, 9.17) is 4.74 Å². The molecule has 1 N–H and O–H groups in total. The van der Waals surface area contributed by atoms with Crippen LogP contribution in [0, 0.1) is 17.7 Å². The van der Waals surface area contributed by atoms with Crippen molar-refractivity contribution in [2.75, 3.05) is 20.2 Å². The number of hydrogen-bond donors (Lipinski definition) is 1. The first kappa shape index (κ1) is 21.1. The highest BCUT2D eigenvalue weighted by molar-refractivity contribution is 5.83. The van der Waals surface area contributed by atoms with Gasteiger partial charge in [0.2, 0.25) is 0 Å². The van der Waals surface area contributed by atoms with Crippen LogP contribution in [0.4, 0.5) is 4.39 Å². The molecular weight excluding hydrogens is 403 g/mol. The first-order valence-electron chi connectivity index (χ1n) is 11.4. The van der Waals surface area contributed by atoms with Gasteiger partial charge in [-0.25, -0.2) is 4.39 Å². The van der Waals surface area contributed by atoms with Gasteiger partial charge in [-0.05, 0) is 41.8 Å². The van der Waals surface area contributed by atoms with E-state index in [2.05, 4.69) is 17.6 Å². The monoisotopic (exact) mass is 433 g/mol. The summed E-state index contributed by atoms with van der Waals surface area (Å²) in [6.07, 6.45) is 5.14. The summed E-state index contributed by atoms with van der Waals surface area (Å²) in [5, 5.41) is 12.7. The van der Waals surface area contributed by atoms with Gasteiger partial charge in [0.15, 0.2) is 0 Å². The second-order valence-electron chi connectivity index (χ2n) is 9.35. The summed E-state index contributed by atoms with van der Waals surface area (Å²) in [6, 6.07) is 14.7. The van der Waals surface area contributed by atoms with Crippen molar-refractivity contribution < 1.29 is 18.7 Å². The van der Waals surface area contributed by atoms with Gasteiger partial charge in [0, 0.05) is 35.9 Å². The molecule has 0 radical (unpaired) electrons. The molecule has 3 fully saturated rings. The van der Waals surface area contributed by atoms with Crippen LogP contribution < -0.4 is 4.74 Å². The van der Waals surface area contributed by atoms with Gasteiger partial charge in [-0.1, -0.05) is 24.3 Å². The molecule has 3 aliphatic rings. The van der Waals surface area contributed by atoms with Crippen molar-refractivity contribution in [3.05, 3.63) is 84.3 Å². The van der Waals surface area contributed by atoms with Crippen LogP contribution >= 0.6 is 0 Å². The first-order valence-corrected chi connectivity index (χ1v) is 11.4. The van der Waals surface area contributed by atoms with E-state index in [1.54, 1.807) is 19.4 Å². The van der Waals surface area contributed by atoms with Crippen molar-refractivity contribution in [3.63, 3.8) is 0 Å². The Bertz CT molecular complexity index is 1150. The third kappa shape index (κ3) is 3.50. The maximum absolute atomic E-state index is 14.7. The van der Waals surface area contributed by atoms with E-state index in [0.717, 1.165) is 48.1 Å². The molecule has 166 valence electrons. The van der Waals surface area contributed by atoms with E-state index in [1.165, 1.54) is 6.07 Å². The van der Waals surface area contributed by atoms with Crippen LogP contribution in [-0.4, -0.2) is 40.8 Å². The van der Waals surface area contributed by atoms with E-state index < -0.39 is 6.10 Å². The highest BCUT2D eigenvalue weighted by Crippen LogP contribution is 2.48. The number of nitrogens with zero attached hydrogens (tertiary/aromatic N) is 2. The summed E-state index contributed by atoms with van der Waals surface area (Å²) in [6.45, 7) is 6.49. The molecule has 0 aliphatic carbocycles. The lowest BCUT2D eigenvalue weighted by atomic mass is 9.71. The van der Waals surface area contributed by atoms with Gasteiger partial charge in [0.25, 0.3) is 0 Å². The van der Waals surface area contributed by atoms with Crippen molar-refractivity contribution in [3.8, 4) is 5.75 Å². The lowest BCUT2D eigenvalue weighted by molar-refractivity contribution is -0.985. The average molecular weight is 434 g/mol. The van der Waals surface area contributed by atoms with Gasteiger partial charge in [-0.2, -0.15) is 0 Å². The Labute approximate surface area is 188 Å². The number of aliphatic hydroxyl groups excluding tert-OH is 1. The molecule has 4 heterocycles. The number of piperidine rings is 3. The van der Waals surface area contributed by atoms with E-state index in [9.17, 15) is 9.50 Å². The molecule has 3 aromatic rings. The van der Waals surface area contributed by atoms with Crippen LogP contribution in [0.15, 0.2) is 67.4 Å². The standard InChI is InChI=1S/C27H30FN2O2/c1-3-18-16-30(17-20-6-4-5-7-24(20)28)13-11-19(18)14-26(30)27(31)22-10-12-29-25-9-8-21(32-2)15-23(22)25/h3-10,12,15,18-19,26-27,31H,1,11,13-14,16-17H2,2H3/q+1/t18-,19-,26-,27+,30-/m0/s1. The number of quaternary nitrogens is 1. The molecule has 3 aliphatic heterocycles. The van der Waals surface area contributed by atoms with E-state index in [0.29, 0.717) is 28.4 Å². The summed E-state index contributed by atoms with van der Waals surface area (Å²) in [4.78, 5) is 4.48. The fourth-order valence-corrected chi connectivity index (χ4v) is 6.09. The van der Waals surface area contributed by atoms with Gasteiger partial charge in [0.05, 0.1) is 25.7 Å². The minimum Gasteiger partial charge on any atom is -0.497 e. The molecule has 2 aromatic carbocycles. The molecule has 0 saturated carbocycles. The maximum atomic E-state index is 14.7. The molecule has 1 aromatic heterocycles. The van der Waals surface area contributed by atoms with Crippen molar-refractivity contribution >= 4 is 10.9 Å². The number of ether oxygens (including phenoxy) is 1. The molecule has 0 spiro atoms. The maximum Gasteiger partial charge on any atom is 0.132 e. The smallest absolute Gasteiger partial charge is 0.132 e. The Morgan fingerprint density at radius 2 is 2.12 bits per heavy atom. The van der Waals surface area contributed by atoms with Crippen molar-refractivity contribution in [1.29, 1.82) is 0 Å². The van der Waals surface area contributed by atoms with Crippen LogP contribution in [0.25, 0.3) is 10.9 Å². The molecule has 4 nitrogen and oxygen atoms in total. The number of fused-ring (bicyclic) bond motifs is 4. The van der Waals surface area contributed by atoms with Crippen molar-refractivity contribution in [2.24, 2.45) is 11.8 Å². The SMILES string of the molecule is C=C[C@H]1C[N@+]2(Cc3ccccc3F)CC[C@H]1C[C@H]2[C@H](O)c1ccnc2ccc(OC)cc12. The second kappa shape index (κ2) is 8.30. The molecular formula is C27H30FN2O2+. The van der Waals surface area contributed by atoms with Crippen molar-refractivity contribution in [2.45, 2.75) is 31.5 Å². The molecule has 5 atom stereocenters. The Morgan fingerprint density at radius 3 is 2.91 bits per heavy atom. The topological polar surface area (TPSA) is 42.4 Å². The third-order valence-electron chi connectivity index (χ3n) is 7.78. The molecule has 32 heavy (non-hydrogen) atoms. The predicted molar refractivity (Wildman–Crippen MR) is 124 cm³/mol. The number of methoxy groups -OCH3 is 1. The number of halogens is 1. The Hall–Kier alpha value is -2.76. The fourth-order valence-electron chi connectivity index (χ4n) is 6.09. The zero-order chi connectivity index (χ0) is 22.3. The number of pyridine rings is 1. The zero-order valence-electron chi connectivity index (χ0n) is 18.5. The number of benzene rings is 2. The summed E-state index contributed by atoms with van der Waals surface area (Å²) >= 11 is 0. The van der Waals surface area contributed by atoms with Gasteiger partial charge in [-0.3, -0.25) is 4.98 Å². The molecule has 5 heteroatoms. The average Bonchev–Trinajstić information content (AvgIpc) is 2.84. The van der Waals surface area contributed by atoms with Crippen molar-refractivity contribution in [1.82, 2.24) is 4.98 Å². The Balaban J connectivity index is 1.57. The molecule has 6 rings (SSSR count). The Kier molecular flexibility index (Phi) is 5.48. The summed E-state index contributed by atoms with van der Waals surface area (Å²) in [5.74, 6) is 1.48. The normalized spacial score (nSPS) is 27.9. The lowest BCUT2D eigenvalue weighted by Crippen LogP contribution is -2.67. The van der Waals surface area contributed by atoms with E-state index in [-0.39, 0.29) is 11.9 Å². The minimum atomic E-state index is -0.673. The molecule has 0 amide bonds. The highest BCUT2D eigenvalue weighted by atomic mass is 19.1. The Morgan fingerprint density at radius 1 is 1.28 bits per heavy atom. The summed E-state index contributed by atoms with van der Waals surface area (Å²) in [5.41, 5.74) is 2.42. The van der Waals surface area contributed by atoms with Crippen LogP contribution in [0.5, 0.6) is 5.75 Å². The highest BCUT2D eigenvalue weighted by Gasteiger charge is 2.54.